The molecule has 0 spiro atoms. The number of nitrogens with zero attached hydrogens (tertiary/aromatic N) is 2. The van der Waals surface area contributed by atoms with Crippen LogP contribution in [0.2, 0.25) is 0 Å². The molecule has 0 aromatic heterocycles. The molecule has 0 atom stereocenters. The molecule has 0 radical (unpaired) electrons. The van der Waals surface area contributed by atoms with E-state index in [0.29, 0.717) is 0 Å². The van der Waals surface area contributed by atoms with Crippen LogP contribution in [-0.2, 0) is 19.6 Å². The van der Waals surface area contributed by atoms with Gasteiger partial charge >= 0.3 is 5.97 Å². The minimum Gasteiger partial charge on any atom is -0.459 e. The van der Waals surface area contributed by atoms with Crippen LogP contribution in [0.25, 0.3) is 0 Å². The number of sulfonamides is 1. The van der Waals surface area contributed by atoms with Crippen molar-refractivity contribution in [3.8, 4) is 12.3 Å². The molecule has 0 fully saturated rings. The van der Waals surface area contributed by atoms with E-state index < -0.39 is 45.7 Å². The Labute approximate surface area is 164 Å². The summed E-state index contributed by atoms with van der Waals surface area (Å²) in [6.07, 6.45) is 5.22. The summed E-state index contributed by atoms with van der Waals surface area (Å²) in [6.45, 7) is 3.76. The molecule has 1 aliphatic heterocycles. The third-order valence-corrected chi connectivity index (χ3v) is 5.58. The zero-order valence-electron chi connectivity index (χ0n) is 16.0. The minimum absolute atomic E-state index is 0.235. The molecule has 2 rings (SSSR count). The van der Waals surface area contributed by atoms with E-state index in [0.717, 1.165) is 9.21 Å². The van der Waals surface area contributed by atoms with Crippen molar-refractivity contribution >= 4 is 27.8 Å². The number of terminal acetylenes is 1. The molecule has 0 saturated heterocycles. The molecular formula is C19H22N2O6S. The van der Waals surface area contributed by atoms with Crippen molar-refractivity contribution in [2.24, 2.45) is 0 Å². The van der Waals surface area contributed by atoms with Crippen LogP contribution in [0.3, 0.4) is 0 Å². The van der Waals surface area contributed by atoms with Crippen molar-refractivity contribution in [3.05, 3.63) is 35.4 Å². The van der Waals surface area contributed by atoms with E-state index in [1.807, 2.05) is 0 Å². The number of hydrogen-bond donors (Lipinski definition) is 0. The monoisotopic (exact) mass is 406 g/mol. The molecule has 150 valence electrons. The maximum atomic E-state index is 12.6. The highest BCUT2D eigenvalue weighted by Gasteiger charge is 2.36. The Hall–Kier alpha value is -2.70. The first kappa shape index (κ1) is 21.6. The molecule has 0 N–H and O–H groups in total. The van der Waals surface area contributed by atoms with Crippen molar-refractivity contribution in [1.82, 2.24) is 9.21 Å². The third kappa shape index (κ3) is 4.97. The average molecular weight is 406 g/mol. The molecule has 8 nitrogen and oxygen atoms in total. The normalized spacial score (nSPS) is 14.2. The van der Waals surface area contributed by atoms with Gasteiger partial charge in [-0.2, -0.15) is 4.31 Å². The lowest BCUT2D eigenvalue weighted by atomic mass is 10.1. The van der Waals surface area contributed by atoms with E-state index in [1.165, 1.54) is 12.1 Å². The molecule has 2 amide bonds. The summed E-state index contributed by atoms with van der Waals surface area (Å²) in [5, 5.41) is 0. The van der Waals surface area contributed by atoms with Gasteiger partial charge in [0.05, 0.1) is 23.4 Å². The van der Waals surface area contributed by atoms with Crippen LogP contribution >= 0.6 is 0 Å². The average Bonchev–Trinajstić information content (AvgIpc) is 2.82. The van der Waals surface area contributed by atoms with E-state index in [4.69, 9.17) is 11.2 Å². The number of hydrogen-bond acceptors (Lipinski definition) is 6. The molecule has 1 aliphatic rings. The highest BCUT2D eigenvalue weighted by molar-refractivity contribution is 7.89. The first-order valence-corrected chi connectivity index (χ1v) is 10.2. The summed E-state index contributed by atoms with van der Waals surface area (Å²) in [5.74, 6) is -0.202. The number of ether oxygens (including phenoxy) is 1. The molecule has 0 saturated carbocycles. The molecule has 1 aromatic carbocycles. The number of benzene rings is 1. The topological polar surface area (TPSA) is 101 Å². The van der Waals surface area contributed by atoms with E-state index in [1.54, 1.807) is 32.9 Å². The largest absolute Gasteiger partial charge is 0.459 e. The second-order valence-corrected chi connectivity index (χ2v) is 9.27. The lowest BCUT2D eigenvalue weighted by Crippen LogP contribution is -2.43. The predicted octanol–water partition coefficient (Wildman–Crippen LogP) is 0.889. The Bertz CT molecular complexity index is 905. The lowest BCUT2D eigenvalue weighted by molar-refractivity contribution is -0.154. The van der Waals surface area contributed by atoms with Gasteiger partial charge in [0.2, 0.25) is 10.0 Å². The number of carbonyl (C=O) groups excluding carboxylic acids is 3. The molecule has 0 aliphatic carbocycles. The molecule has 28 heavy (non-hydrogen) atoms. The SMILES string of the molecule is C#CCN(CC(=O)OC(C)(C)C)S(=O)(=O)CCN1C(=O)c2ccccc2C1=O. The first-order valence-electron chi connectivity index (χ1n) is 8.54. The number of imide groups is 1. The second kappa shape index (κ2) is 8.12. The van der Waals surface area contributed by atoms with Crippen molar-refractivity contribution in [1.29, 1.82) is 0 Å². The van der Waals surface area contributed by atoms with Gasteiger partial charge in [0.15, 0.2) is 0 Å². The fourth-order valence-electron chi connectivity index (χ4n) is 2.65. The Morgan fingerprint density at radius 3 is 2.18 bits per heavy atom. The maximum absolute atomic E-state index is 12.6. The highest BCUT2D eigenvalue weighted by atomic mass is 32.2. The van der Waals surface area contributed by atoms with Gasteiger partial charge in [-0.25, -0.2) is 8.42 Å². The van der Waals surface area contributed by atoms with Crippen LogP contribution in [0.1, 0.15) is 41.5 Å². The predicted molar refractivity (Wildman–Crippen MR) is 102 cm³/mol. The van der Waals surface area contributed by atoms with Gasteiger partial charge in [-0.1, -0.05) is 18.1 Å². The highest BCUT2D eigenvalue weighted by Crippen LogP contribution is 2.22. The molecular weight excluding hydrogens is 384 g/mol. The smallest absolute Gasteiger partial charge is 0.321 e. The van der Waals surface area contributed by atoms with Crippen molar-refractivity contribution < 1.29 is 27.5 Å². The Balaban J connectivity index is 2.09. The molecule has 0 unspecified atom stereocenters. The third-order valence-electron chi connectivity index (χ3n) is 3.84. The number of rotatable bonds is 7. The Kier molecular flexibility index (Phi) is 6.27. The van der Waals surface area contributed by atoms with E-state index in [9.17, 15) is 22.8 Å². The fourth-order valence-corrected chi connectivity index (χ4v) is 3.89. The number of esters is 1. The van der Waals surface area contributed by atoms with Gasteiger partial charge in [0, 0.05) is 6.54 Å². The van der Waals surface area contributed by atoms with Crippen molar-refractivity contribution in [2.75, 3.05) is 25.4 Å². The summed E-state index contributed by atoms with van der Waals surface area (Å²) in [4.78, 5) is 37.6. The zero-order valence-corrected chi connectivity index (χ0v) is 16.8. The summed E-state index contributed by atoms with van der Waals surface area (Å²) in [5.41, 5.74) is -0.304. The quantitative estimate of drug-likeness (QED) is 0.379. The summed E-state index contributed by atoms with van der Waals surface area (Å²) in [6, 6.07) is 6.27. The molecule has 1 heterocycles. The minimum atomic E-state index is -4.01. The first-order chi connectivity index (χ1) is 13.0. The number of fused-ring (bicyclic) bond motifs is 1. The molecule has 0 bridgehead atoms. The van der Waals surface area contributed by atoms with E-state index in [2.05, 4.69) is 5.92 Å². The van der Waals surface area contributed by atoms with Gasteiger partial charge in [-0.05, 0) is 32.9 Å². The van der Waals surface area contributed by atoms with Gasteiger partial charge in [-0.3, -0.25) is 19.3 Å². The van der Waals surface area contributed by atoms with Crippen LogP contribution in [0, 0.1) is 12.3 Å². The summed E-state index contributed by atoms with van der Waals surface area (Å²) >= 11 is 0. The number of amides is 2. The van der Waals surface area contributed by atoms with Crippen LogP contribution in [0.5, 0.6) is 0 Å². The second-order valence-electron chi connectivity index (χ2n) is 7.18. The van der Waals surface area contributed by atoms with Crippen LogP contribution in [0.15, 0.2) is 24.3 Å². The molecule has 1 aromatic rings. The Morgan fingerprint density at radius 2 is 1.71 bits per heavy atom. The number of carbonyl (C=O) groups is 3. The van der Waals surface area contributed by atoms with Crippen molar-refractivity contribution in [2.45, 2.75) is 26.4 Å². The summed E-state index contributed by atoms with van der Waals surface area (Å²) < 4.78 is 31.2. The van der Waals surface area contributed by atoms with Crippen molar-refractivity contribution in [3.63, 3.8) is 0 Å². The fraction of sp³-hybridized carbons (Fsp3) is 0.421. The van der Waals surface area contributed by atoms with E-state index in [-0.39, 0.29) is 24.2 Å². The van der Waals surface area contributed by atoms with E-state index >= 15 is 0 Å². The maximum Gasteiger partial charge on any atom is 0.321 e. The van der Waals surface area contributed by atoms with Crippen LogP contribution in [0.4, 0.5) is 0 Å². The molecule has 9 heteroatoms. The van der Waals surface area contributed by atoms with Gasteiger partial charge < -0.3 is 4.74 Å². The standard InChI is InChI=1S/C19H22N2O6S/c1-5-10-20(13-16(22)27-19(2,3)4)28(25,26)12-11-21-17(23)14-8-6-7-9-15(14)18(21)24/h1,6-9H,10-13H2,2-4H3. The van der Waals surface area contributed by atoms with Gasteiger partial charge in [-0.15, -0.1) is 6.42 Å². The van der Waals surface area contributed by atoms with Crippen LogP contribution < -0.4 is 0 Å². The van der Waals surface area contributed by atoms with Gasteiger partial charge in [0.1, 0.15) is 12.1 Å². The van der Waals surface area contributed by atoms with Crippen LogP contribution in [-0.4, -0.2) is 66.4 Å². The lowest BCUT2D eigenvalue weighted by Gasteiger charge is -2.24. The Morgan fingerprint density at radius 1 is 1.18 bits per heavy atom. The van der Waals surface area contributed by atoms with Gasteiger partial charge in [0.25, 0.3) is 11.8 Å². The zero-order chi connectivity index (χ0) is 21.1. The summed E-state index contributed by atoms with van der Waals surface area (Å²) in [7, 11) is -4.01.